The van der Waals surface area contributed by atoms with E-state index in [0.717, 1.165) is 54.6 Å². The Morgan fingerprint density at radius 2 is 1.48 bits per heavy atom. The van der Waals surface area contributed by atoms with Crippen LogP contribution in [0.3, 0.4) is 0 Å². The normalized spacial score (nSPS) is 43.4. The molecule has 11 heterocycles. The molecule has 69 heavy (non-hydrogen) atoms. The number of rotatable bonds is 15. The van der Waals surface area contributed by atoms with Crippen molar-refractivity contribution in [3.63, 3.8) is 0 Å². The number of carbonyl (C=O) groups excluding carboxylic acids is 4. The number of hydrogen-bond acceptors (Lipinski definition) is 16. The van der Waals surface area contributed by atoms with E-state index in [2.05, 4.69) is 20.1 Å². The molecule has 12 bridgehead atoms. The molecule has 0 aliphatic carbocycles. The first-order valence-electron chi connectivity index (χ1n) is 25.9. The quantitative estimate of drug-likeness (QED) is 0.140. The Morgan fingerprint density at radius 3 is 2.29 bits per heavy atom. The van der Waals surface area contributed by atoms with Crippen LogP contribution in [-0.4, -0.2) is 177 Å². The fraction of sp³-hybridized carbons (Fsp3) is 0.808. The number of imide groups is 1. The van der Waals surface area contributed by atoms with E-state index in [1.165, 1.54) is 12.2 Å². The van der Waals surface area contributed by atoms with Gasteiger partial charge in [0, 0.05) is 76.5 Å². The van der Waals surface area contributed by atoms with E-state index in [4.69, 9.17) is 52.1 Å². The lowest BCUT2D eigenvalue weighted by Crippen LogP contribution is -2.61. The molecule has 0 radical (unpaired) electrons. The second kappa shape index (κ2) is 21.4. The lowest BCUT2D eigenvalue weighted by molar-refractivity contribution is -0.292. The third-order valence-electron chi connectivity index (χ3n) is 16.7. The maximum absolute atomic E-state index is 14.4. The Labute approximate surface area is 405 Å². The molecule has 2 amide bonds. The first-order valence-corrected chi connectivity index (χ1v) is 25.9. The molecule has 10 fully saturated rings. The third-order valence-corrected chi connectivity index (χ3v) is 16.7. The standard InChI is InChI=1S/C52H73NO16/c1-28-21-34-7-9-38-29(2)22-36(62-38)13-15-52-27-43-48(68-52)49-50(67-43)51(69-52)47-39(66-49)10-8-35(64-47)23-33(56)24-37-41(26-40(63-34)30(28)3)65-42(46(37)59-4)25-32(55)6-5-31(54)14-17-60-19-20-61-18-16-53-44(57)11-12-45(53)58/h11-12,28,32,34-43,46-51,55H,2-3,5-10,13-27H2,1,4H3/t28-,32-,34+,35-,36+,37+,38+,39+,40-,41+,42-,43-,46-,47+,48+,49+,50-,51+,52+/m1/s1. The first-order chi connectivity index (χ1) is 33.3. The van der Waals surface area contributed by atoms with Crippen molar-refractivity contribution in [2.45, 2.75) is 213 Å². The van der Waals surface area contributed by atoms with Crippen LogP contribution >= 0.6 is 0 Å². The number of aliphatic hydroxyl groups excluding tert-OH is 1. The molecule has 0 aromatic carbocycles. The van der Waals surface area contributed by atoms with Gasteiger partial charge in [-0.3, -0.25) is 24.1 Å². The van der Waals surface area contributed by atoms with Crippen molar-refractivity contribution in [2.24, 2.45) is 11.8 Å². The number of ether oxygens (including phenoxy) is 11. The van der Waals surface area contributed by atoms with E-state index >= 15 is 0 Å². The number of carbonyl (C=O) groups is 4. The van der Waals surface area contributed by atoms with Gasteiger partial charge in [-0.15, -0.1) is 0 Å². The molecule has 17 nitrogen and oxygen atoms in total. The maximum atomic E-state index is 14.4. The van der Waals surface area contributed by atoms with Crippen molar-refractivity contribution in [2.75, 3.05) is 40.1 Å². The van der Waals surface area contributed by atoms with Gasteiger partial charge >= 0.3 is 0 Å². The van der Waals surface area contributed by atoms with E-state index in [1.807, 2.05) is 0 Å². The van der Waals surface area contributed by atoms with Crippen molar-refractivity contribution in [1.29, 1.82) is 0 Å². The summed E-state index contributed by atoms with van der Waals surface area (Å²) in [5, 5.41) is 11.4. The Kier molecular flexibility index (Phi) is 15.4. The van der Waals surface area contributed by atoms with Gasteiger partial charge in [-0.25, -0.2) is 0 Å². The molecular weight excluding hydrogens is 895 g/mol. The van der Waals surface area contributed by atoms with Gasteiger partial charge in [0.25, 0.3) is 11.8 Å². The summed E-state index contributed by atoms with van der Waals surface area (Å²) in [6.07, 6.45) is 6.22. The first kappa shape index (κ1) is 49.8. The number of fused-ring (bicyclic) bond motifs is 6. The van der Waals surface area contributed by atoms with Crippen molar-refractivity contribution < 1.29 is 76.4 Å². The van der Waals surface area contributed by atoms with Gasteiger partial charge < -0.3 is 57.2 Å². The monoisotopic (exact) mass is 967 g/mol. The van der Waals surface area contributed by atoms with Crippen molar-refractivity contribution in [3.8, 4) is 0 Å². The van der Waals surface area contributed by atoms with Gasteiger partial charge in [0.05, 0.1) is 100 Å². The van der Waals surface area contributed by atoms with Crippen LogP contribution < -0.4 is 0 Å². The smallest absolute Gasteiger partial charge is 0.253 e. The number of nitrogens with zero attached hydrogens (tertiary/aromatic N) is 1. The Bertz CT molecular complexity index is 1940. The Balaban J connectivity index is 0.777. The molecule has 1 spiro atoms. The number of amides is 2. The summed E-state index contributed by atoms with van der Waals surface area (Å²) in [5.74, 6) is -1.62. The van der Waals surface area contributed by atoms with E-state index in [9.17, 15) is 24.3 Å². The fourth-order valence-electron chi connectivity index (χ4n) is 13.1. The SMILES string of the molecule is C=C1C[C@@H]2CC[C@@]34C[C@H]5O[C@H]6[C@@H](O3)[C@H]3O[C@H](CC[C@@H]3O[C@H]6[C@H]5O4)CC(=O)C[C@@H]3[C@@H](OC)[C@@H](C[C@H](O)CCC(=O)CCOCCOCCN4C(=O)C=CC4=O)O[C@H]3C[C@H]3O[C@@H](CC[C@@H]1O2)C[C@@H](C)C3=C. The van der Waals surface area contributed by atoms with E-state index in [1.54, 1.807) is 7.11 Å². The Hall–Kier alpha value is -2.78. The second-order valence-electron chi connectivity index (χ2n) is 21.4. The largest absolute Gasteiger partial charge is 0.393 e. The highest BCUT2D eigenvalue weighted by atomic mass is 16.8. The summed E-state index contributed by atoms with van der Waals surface area (Å²) >= 11 is 0. The zero-order valence-corrected chi connectivity index (χ0v) is 40.3. The summed E-state index contributed by atoms with van der Waals surface area (Å²) in [6.45, 7) is 12.2. The molecule has 11 aliphatic rings. The molecule has 17 heteroatoms. The highest BCUT2D eigenvalue weighted by molar-refractivity contribution is 6.12. The van der Waals surface area contributed by atoms with Crippen LogP contribution in [0.5, 0.6) is 0 Å². The zero-order valence-electron chi connectivity index (χ0n) is 40.3. The van der Waals surface area contributed by atoms with Crippen LogP contribution in [0.25, 0.3) is 0 Å². The van der Waals surface area contributed by atoms with Gasteiger partial charge in [-0.05, 0) is 68.4 Å². The summed E-state index contributed by atoms with van der Waals surface area (Å²) in [6, 6.07) is 0. The van der Waals surface area contributed by atoms with Gasteiger partial charge in [0.2, 0.25) is 0 Å². The zero-order chi connectivity index (χ0) is 48.0. The minimum atomic E-state index is -0.847. The molecule has 0 unspecified atom stereocenters. The van der Waals surface area contributed by atoms with Crippen molar-refractivity contribution in [3.05, 3.63) is 36.5 Å². The summed E-state index contributed by atoms with van der Waals surface area (Å²) < 4.78 is 71.7. The van der Waals surface area contributed by atoms with Crippen LogP contribution in [0.1, 0.15) is 110 Å². The van der Waals surface area contributed by atoms with Crippen LogP contribution in [-0.2, 0) is 71.3 Å². The third kappa shape index (κ3) is 10.8. The van der Waals surface area contributed by atoms with Crippen LogP contribution in [0, 0.1) is 11.8 Å². The Morgan fingerprint density at radius 1 is 0.754 bits per heavy atom. The number of ketones is 2. The molecule has 10 saturated heterocycles. The highest BCUT2D eigenvalue weighted by Gasteiger charge is 2.69. The van der Waals surface area contributed by atoms with E-state index < -0.39 is 36.3 Å². The number of methoxy groups -OCH3 is 1. The topological polar surface area (TPSA) is 193 Å². The minimum Gasteiger partial charge on any atom is -0.393 e. The molecule has 1 N–H and O–H groups in total. The second-order valence-corrected chi connectivity index (χ2v) is 21.4. The van der Waals surface area contributed by atoms with Crippen molar-refractivity contribution >= 4 is 23.4 Å². The van der Waals surface area contributed by atoms with Crippen LogP contribution in [0.15, 0.2) is 36.5 Å². The lowest BCUT2D eigenvalue weighted by atomic mass is 9.81. The molecule has 11 rings (SSSR count). The molecule has 382 valence electrons. The number of aliphatic hydroxyl groups is 1. The van der Waals surface area contributed by atoms with Gasteiger partial charge in [-0.2, -0.15) is 0 Å². The summed E-state index contributed by atoms with van der Waals surface area (Å²) in [4.78, 5) is 51.6. The predicted molar refractivity (Wildman–Crippen MR) is 244 cm³/mol. The van der Waals surface area contributed by atoms with Gasteiger partial charge in [0.15, 0.2) is 5.79 Å². The lowest BCUT2D eigenvalue weighted by Gasteiger charge is -2.47. The molecule has 11 aliphatic heterocycles. The van der Waals surface area contributed by atoms with Gasteiger partial charge in [0.1, 0.15) is 42.1 Å². The average Bonchev–Trinajstić information content (AvgIpc) is 4.08. The summed E-state index contributed by atoms with van der Waals surface area (Å²) in [7, 11) is 1.63. The summed E-state index contributed by atoms with van der Waals surface area (Å²) in [5.41, 5.74) is 2.12. The molecule has 0 aromatic rings. The minimum absolute atomic E-state index is 0.0118. The number of hydrogen-bond donors (Lipinski definition) is 1. The van der Waals surface area contributed by atoms with E-state index in [0.29, 0.717) is 25.7 Å². The maximum Gasteiger partial charge on any atom is 0.253 e. The van der Waals surface area contributed by atoms with E-state index in [-0.39, 0.29) is 174 Å². The molecular formula is C52H73NO16. The molecule has 0 saturated carbocycles. The number of Topliss-reactive ketones (excluding diaryl/α,β-unsaturated/α-hetero) is 2. The van der Waals surface area contributed by atoms with Crippen LogP contribution in [0.2, 0.25) is 0 Å². The van der Waals surface area contributed by atoms with Gasteiger partial charge in [-0.1, -0.05) is 20.1 Å². The predicted octanol–water partition coefficient (Wildman–Crippen LogP) is 4.18. The average molecular weight is 968 g/mol. The highest BCUT2D eigenvalue weighted by Crippen LogP contribution is 2.54. The van der Waals surface area contributed by atoms with Crippen LogP contribution in [0.4, 0.5) is 0 Å². The fourth-order valence-corrected chi connectivity index (χ4v) is 13.1. The molecule has 0 aromatic heterocycles. The van der Waals surface area contributed by atoms with Crippen molar-refractivity contribution in [1.82, 2.24) is 4.90 Å². The molecule has 19 atom stereocenters.